The zero-order valence-electron chi connectivity index (χ0n) is 13.6. The Labute approximate surface area is 152 Å². The van der Waals surface area contributed by atoms with E-state index in [2.05, 4.69) is 15.2 Å². The Hall–Kier alpha value is -0.290. The fraction of sp³-hybridized carbons (Fsp3) is 0.929. The molecule has 0 aliphatic carbocycles. The highest BCUT2D eigenvalue weighted by atomic mass is 127. The quantitative estimate of drug-likeness (QED) is 0.403. The fourth-order valence-corrected chi connectivity index (χ4v) is 3.22. The molecule has 0 aromatic rings. The number of nitrogens with one attached hydrogen (secondary N) is 1. The Morgan fingerprint density at radius 3 is 2.61 bits per heavy atom. The summed E-state index contributed by atoms with van der Waals surface area (Å²) in [6.45, 7) is 2.58. The molecule has 2 saturated heterocycles. The van der Waals surface area contributed by atoms with Crippen molar-refractivity contribution in [3.8, 4) is 0 Å². The summed E-state index contributed by atoms with van der Waals surface area (Å²) in [6.07, 6.45) is -2.36. The van der Waals surface area contributed by atoms with E-state index in [0.717, 1.165) is 32.1 Å². The van der Waals surface area contributed by atoms with Gasteiger partial charge in [-0.1, -0.05) is 0 Å². The molecular weight excluding hydrogens is 424 g/mol. The number of aliphatic imine (C=N–C) groups is 1. The Kier molecular flexibility index (Phi) is 8.36. The van der Waals surface area contributed by atoms with Crippen LogP contribution in [0.4, 0.5) is 13.2 Å². The van der Waals surface area contributed by atoms with Gasteiger partial charge in [-0.3, -0.25) is 9.89 Å². The molecule has 0 amide bonds. The highest BCUT2D eigenvalue weighted by molar-refractivity contribution is 14.0. The maximum atomic E-state index is 12.4. The van der Waals surface area contributed by atoms with Crippen LogP contribution in [0.2, 0.25) is 0 Å². The van der Waals surface area contributed by atoms with Crippen molar-refractivity contribution < 1.29 is 17.9 Å². The molecule has 2 rings (SSSR count). The summed E-state index contributed by atoms with van der Waals surface area (Å²) in [5.41, 5.74) is 0. The molecule has 2 aliphatic rings. The third-order valence-corrected chi connectivity index (χ3v) is 4.21. The summed E-state index contributed by atoms with van der Waals surface area (Å²) in [6, 6.07) is 0.0301. The molecule has 23 heavy (non-hydrogen) atoms. The van der Waals surface area contributed by atoms with E-state index in [1.165, 1.54) is 4.90 Å². The second-order valence-corrected chi connectivity index (χ2v) is 6.08. The number of hydrogen-bond acceptors (Lipinski definition) is 3. The highest BCUT2D eigenvalue weighted by Gasteiger charge is 2.35. The Bertz CT molecular complexity index is 395. The van der Waals surface area contributed by atoms with Gasteiger partial charge in [-0.05, 0) is 12.8 Å². The topological polar surface area (TPSA) is 40.1 Å². The Morgan fingerprint density at radius 1 is 1.26 bits per heavy atom. The first-order chi connectivity index (χ1) is 10.4. The van der Waals surface area contributed by atoms with E-state index in [1.807, 2.05) is 0 Å². The summed E-state index contributed by atoms with van der Waals surface area (Å²) in [4.78, 5) is 7.89. The smallest absolute Gasteiger partial charge is 0.384 e. The number of guanidine groups is 1. The van der Waals surface area contributed by atoms with Gasteiger partial charge in [0.2, 0.25) is 0 Å². The summed E-state index contributed by atoms with van der Waals surface area (Å²) in [7, 11) is 3.41. The lowest BCUT2D eigenvalue weighted by Crippen LogP contribution is -2.46. The number of methoxy groups -OCH3 is 1. The highest BCUT2D eigenvalue weighted by Crippen LogP contribution is 2.21. The Morgan fingerprint density at radius 2 is 2.00 bits per heavy atom. The van der Waals surface area contributed by atoms with Gasteiger partial charge in [0, 0.05) is 52.3 Å². The minimum atomic E-state index is -4.13. The van der Waals surface area contributed by atoms with Gasteiger partial charge in [0.15, 0.2) is 5.96 Å². The van der Waals surface area contributed by atoms with Crippen molar-refractivity contribution in [2.45, 2.75) is 25.1 Å². The third-order valence-electron chi connectivity index (χ3n) is 4.21. The normalized spacial score (nSPS) is 26.5. The van der Waals surface area contributed by atoms with Gasteiger partial charge < -0.3 is 15.0 Å². The van der Waals surface area contributed by atoms with Crippen LogP contribution in [0, 0.1) is 5.92 Å². The van der Waals surface area contributed by atoms with Crippen molar-refractivity contribution in [3.05, 3.63) is 0 Å². The molecule has 2 atom stereocenters. The summed E-state index contributed by atoms with van der Waals surface area (Å²) in [5, 5.41) is 3.31. The number of ether oxygens (including phenoxy) is 1. The average molecular weight is 450 g/mol. The van der Waals surface area contributed by atoms with Gasteiger partial charge in [-0.2, -0.15) is 13.2 Å². The van der Waals surface area contributed by atoms with Gasteiger partial charge in [0.1, 0.15) is 0 Å². The number of halogens is 4. The second kappa shape index (κ2) is 9.26. The molecule has 0 aromatic heterocycles. The lowest BCUT2D eigenvalue weighted by Gasteiger charge is -2.25. The number of nitrogens with zero attached hydrogens (tertiary/aromatic N) is 3. The first kappa shape index (κ1) is 20.8. The van der Waals surface area contributed by atoms with Gasteiger partial charge in [0.25, 0.3) is 0 Å². The average Bonchev–Trinajstić information content (AvgIpc) is 3.04. The van der Waals surface area contributed by atoms with Gasteiger partial charge in [-0.25, -0.2) is 0 Å². The van der Waals surface area contributed by atoms with E-state index in [1.54, 1.807) is 14.2 Å². The van der Waals surface area contributed by atoms with Gasteiger partial charge >= 0.3 is 6.18 Å². The maximum Gasteiger partial charge on any atom is 0.401 e. The minimum Gasteiger partial charge on any atom is -0.384 e. The predicted octanol–water partition coefficient (Wildman–Crippen LogP) is 1.78. The van der Waals surface area contributed by atoms with Crippen LogP contribution in [0.1, 0.15) is 12.8 Å². The third kappa shape index (κ3) is 6.61. The molecule has 0 spiro atoms. The van der Waals surface area contributed by atoms with Crippen LogP contribution >= 0.6 is 24.0 Å². The van der Waals surface area contributed by atoms with Gasteiger partial charge in [0.05, 0.1) is 13.2 Å². The fourth-order valence-electron chi connectivity index (χ4n) is 3.22. The first-order valence-electron chi connectivity index (χ1n) is 7.67. The SMILES string of the molecule is CN=C(NC1CCN(CC(F)(F)F)C1)N1CCC(COC)C1.I. The van der Waals surface area contributed by atoms with Crippen LogP contribution in [0.25, 0.3) is 0 Å². The van der Waals surface area contributed by atoms with Crippen LogP contribution in [0.3, 0.4) is 0 Å². The number of hydrogen-bond donors (Lipinski definition) is 1. The molecule has 0 aromatic carbocycles. The second-order valence-electron chi connectivity index (χ2n) is 6.08. The van der Waals surface area contributed by atoms with Crippen LogP contribution in [-0.2, 0) is 4.74 Å². The van der Waals surface area contributed by atoms with E-state index in [4.69, 9.17) is 4.74 Å². The van der Waals surface area contributed by atoms with E-state index < -0.39 is 12.7 Å². The van der Waals surface area contributed by atoms with Gasteiger partial charge in [-0.15, -0.1) is 24.0 Å². The number of alkyl halides is 3. The van der Waals surface area contributed by atoms with Crippen molar-refractivity contribution in [1.82, 2.24) is 15.1 Å². The lowest BCUT2D eigenvalue weighted by molar-refractivity contribution is -0.143. The van der Waals surface area contributed by atoms with E-state index in [9.17, 15) is 13.2 Å². The lowest BCUT2D eigenvalue weighted by atomic mass is 10.1. The van der Waals surface area contributed by atoms with E-state index >= 15 is 0 Å². The molecule has 5 nitrogen and oxygen atoms in total. The number of rotatable bonds is 4. The van der Waals surface area contributed by atoms with E-state index in [0.29, 0.717) is 25.4 Å². The maximum absolute atomic E-state index is 12.4. The van der Waals surface area contributed by atoms with Crippen molar-refractivity contribution in [2.24, 2.45) is 10.9 Å². The van der Waals surface area contributed by atoms with Crippen molar-refractivity contribution in [2.75, 3.05) is 53.5 Å². The minimum absolute atomic E-state index is 0. The predicted molar refractivity (Wildman–Crippen MR) is 94.4 cm³/mol. The van der Waals surface area contributed by atoms with Crippen LogP contribution in [0.15, 0.2) is 4.99 Å². The van der Waals surface area contributed by atoms with Crippen LogP contribution in [-0.4, -0.2) is 81.5 Å². The molecule has 1 N–H and O–H groups in total. The molecular formula is C14H26F3IN4O. The zero-order valence-corrected chi connectivity index (χ0v) is 15.9. The van der Waals surface area contributed by atoms with Crippen LogP contribution < -0.4 is 5.32 Å². The summed E-state index contributed by atoms with van der Waals surface area (Å²) in [5.74, 6) is 1.28. The van der Waals surface area contributed by atoms with Crippen molar-refractivity contribution in [1.29, 1.82) is 0 Å². The van der Waals surface area contributed by atoms with E-state index in [-0.39, 0.29) is 30.0 Å². The van der Waals surface area contributed by atoms with Crippen molar-refractivity contribution >= 4 is 29.9 Å². The first-order valence-corrected chi connectivity index (χ1v) is 7.67. The number of likely N-dealkylation sites (tertiary alicyclic amines) is 2. The zero-order chi connectivity index (χ0) is 16.2. The van der Waals surface area contributed by atoms with Crippen molar-refractivity contribution in [3.63, 3.8) is 0 Å². The molecule has 136 valence electrons. The summed E-state index contributed by atoms with van der Waals surface area (Å²) >= 11 is 0. The monoisotopic (exact) mass is 450 g/mol. The standard InChI is InChI=1S/C14H25F3N4O.HI/c1-18-13(21-6-3-11(7-21)9-22-2)19-12-4-5-20(8-12)10-14(15,16)17;/h11-12H,3-10H2,1-2H3,(H,18,19);1H. The molecule has 0 saturated carbocycles. The molecule has 2 heterocycles. The van der Waals surface area contributed by atoms with Crippen LogP contribution in [0.5, 0.6) is 0 Å². The Balaban J connectivity index is 0.00000264. The summed E-state index contributed by atoms with van der Waals surface area (Å²) < 4.78 is 42.4. The molecule has 2 unspecified atom stereocenters. The largest absolute Gasteiger partial charge is 0.401 e. The molecule has 2 aliphatic heterocycles. The molecule has 0 bridgehead atoms. The molecule has 9 heteroatoms. The molecule has 2 fully saturated rings. The molecule has 0 radical (unpaired) electrons.